The lowest BCUT2D eigenvalue weighted by atomic mass is 10.1. The van der Waals surface area contributed by atoms with Crippen molar-refractivity contribution in [2.75, 3.05) is 12.3 Å². The van der Waals surface area contributed by atoms with Gasteiger partial charge in [0, 0.05) is 34.0 Å². The number of thioether (sulfide) groups is 1. The first kappa shape index (κ1) is 16.0. The molecule has 1 N–H and O–H groups in total. The Labute approximate surface area is 134 Å². The van der Waals surface area contributed by atoms with E-state index in [-0.39, 0.29) is 11.8 Å². The first-order chi connectivity index (χ1) is 9.66. The Balaban J connectivity index is 1.62. The number of halogens is 2. The lowest BCUT2D eigenvalue weighted by molar-refractivity contribution is -0.124. The molecule has 0 heterocycles. The Morgan fingerprint density at radius 3 is 2.75 bits per heavy atom. The minimum atomic E-state index is 0.229. The summed E-state index contributed by atoms with van der Waals surface area (Å²) in [6.45, 7) is 0.727. The molecule has 0 atom stereocenters. The Hall–Kier alpha value is -0.380. The van der Waals surface area contributed by atoms with Gasteiger partial charge in [-0.2, -0.15) is 11.8 Å². The molecule has 1 aromatic rings. The molecule has 0 spiro atoms. The van der Waals surface area contributed by atoms with E-state index in [9.17, 15) is 4.79 Å². The van der Waals surface area contributed by atoms with Gasteiger partial charge in [0.2, 0.25) is 5.91 Å². The first-order valence-electron chi connectivity index (χ1n) is 6.96. The Kier molecular flexibility index (Phi) is 6.53. The summed E-state index contributed by atoms with van der Waals surface area (Å²) in [6.07, 6.45) is 4.50. The normalized spacial score (nSPS) is 15.5. The standard InChI is InChI=1S/C15H19Cl2NOS/c16-13-6-5-12(14(17)9-13)10-20-8-7-18-15(19)11-3-1-2-4-11/h5-6,9,11H,1-4,7-8,10H2,(H,18,19). The summed E-state index contributed by atoms with van der Waals surface area (Å²) in [6, 6.07) is 5.57. The molecule has 110 valence electrons. The third-order valence-corrected chi connectivity index (χ3v) is 5.14. The highest BCUT2D eigenvalue weighted by molar-refractivity contribution is 7.98. The average Bonchev–Trinajstić information content (AvgIpc) is 2.94. The van der Waals surface area contributed by atoms with Crippen LogP contribution in [0.15, 0.2) is 18.2 Å². The molecule has 1 saturated carbocycles. The molecule has 2 nitrogen and oxygen atoms in total. The maximum absolute atomic E-state index is 11.8. The molecule has 2 rings (SSSR count). The minimum absolute atomic E-state index is 0.229. The van der Waals surface area contributed by atoms with Crippen LogP contribution in [-0.4, -0.2) is 18.2 Å². The zero-order valence-electron chi connectivity index (χ0n) is 11.3. The molecular weight excluding hydrogens is 313 g/mol. The van der Waals surface area contributed by atoms with E-state index in [4.69, 9.17) is 23.2 Å². The van der Waals surface area contributed by atoms with Crippen molar-refractivity contribution in [1.82, 2.24) is 5.32 Å². The van der Waals surface area contributed by atoms with E-state index in [2.05, 4.69) is 5.32 Å². The average molecular weight is 332 g/mol. The second kappa shape index (κ2) is 8.16. The summed E-state index contributed by atoms with van der Waals surface area (Å²) in [5, 5.41) is 4.39. The van der Waals surface area contributed by atoms with E-state index in [0.29, 0.717) is 10.0 Å². The highest BCUT2D eigenvalue weighted by Gasteiger charge is 2.21. The fourth-order valence-electron chi connectivity index (χ4n) is 2.40. The van der Waals surface area contributed by atoms with Gasteiger partial charge in [-0.05, 0) is 30.5 Å². The second-order valence-corrected chi connectivity index (χ2v) is 7.01. The molecule has 0 unspecified atom stereocenters. The van der Waals surface area contributed by atoms with Crippen molar-refractivity contribution in [2.24, 2.45) is 5.92 Å². The van der Waals surface area contributed by atoms with Crippen LogP contribution in [0.25, 0.3) is 0 Å². The van der Waals surface area contributed by atoms with Crippen molar-refractivity contribution in [1.29, 1.82) is 0 Å². The number of benzene rings is 1. The maximum atomic E-state index is 11.8. The lowest BCUT2D eigenvalue weighted by Gasteiger charge is -2.10. The van der Waals surface area contributed by atoms with Crippen molar-refractivity contribution < 1.29 is 4.79 Å². The Morgan fingerprint density at radius 1 is 1.30 bits per heavy atom. The molecule has 20 heavy (non-hydrogen) atoms. The molecule has 1 aliphatic rings. The predicted octanol–water partition coefficient (Wildman–Crippen LogP) is 4.53. The third-order valence-electron chi connectivity index (χ3n) is 3.54. The van der Waals surface area contributed by atoms with E-state index in [1.165, 1.54) is 12.8 Å². The van der Waals surface area contributed by atoms with Gasteiger partial charge in [-0.3, -0.25) is 4.79 Å². The van der Waals surface area contributed by atoms with E-state index in [0.717, 1.165) is 36.5 Å². The van der Waals surface area contributed by atoms with Crippen molar-refractivity contribution in [3.63, 3.8) is 0 Å². The van der Waals surface area contributed by atoms with Crippen LogP contribution in [-0.2, 0) is 10.5 Å². The number of hydrogen-bond acceptors (Lipinski definition) is 2. The molecule has 0 aliphatic heterocycles. The number of carbonyl (C=O) groups excluding carboxylic acids is 1. The van der Waals surface area contributed by atoms with Crippen LogP contribution < -0.4 is 5.32 Å². The first-order valence-corrected chi connectivity index (χ1v) is 8.87. The molecule has 0 radical (unpaired) electrons. The molecule has 0 bridgehead atoms. The second-order valence-electron chi connectivity index (χ2n) is 5.06. The smallest absolute Gasteiger partial charge is 0.223 e. The summed E-state index contributed by atoms with van der Waals surface area (Å²) in [7, 11) is 0. The van der Waals surface area contributed by atoms with Crippen LogP contribution in [0.2, 0.25) is 10.0 Å². The van der Waals surface area contributed by atoms with E-state index in [1.54, 1.807) is 17.8 Å². The molecule has 5 heteroatoms. The Morgan fingerprint density at radius 2 is 2.05 bits per heavy atom. The van der Waals surface area contributed by atoms with Gasteiger partial charge in [0.15, 0.2) is 0 Å². The molecule has 1 aliphatic carbocycles. The molecule has 1 amide bonds. The van der Waals surface area contributed by atoms with Gasteiger partial charge in [-0.25, -0.2) is 0 Å². The maximum Gasteiger partial charge on any atom is 0.223 e. The van der Waals surface area contributed by atoms with Crippen molar-refractivity contribution >= 4 is 40.9 Å². The van der Waals surface area contributed by atoms with Crippen LogP contribution in [0.4, 0.5) is 0 Å². The molecular formula is C15H19Cl2NOS. The number of amides is 1. The van der Waals surface area contributed by atoms with Crippen molar-refractivity contribution in [2.45, 2.75) is 31.4 Å². The van der Waals surface area contributed by atoms with Crippen LogP contribution in [0.3, 0.4) is 0 Å². The van der Waals surface area contributed by atoms with Crippen LogP contribution in [0, 0.1) is 5.92 Å². The summed E-state index contributed by atoms with van der Waals surface area (Å²) in [4.78, 5) is 11.8. The molecule has 0 aromatic heterocycles. The summed E-state index contributed by atoms with van der Waals surface area (Å²) in [5.41, 5.74) is 1.09. The zero-order valence-corrected chi connectivity index (χ0v) is 13.7. The van der Waals surface area contributed by atoms with Crippen LogP contribution >= 0.6 is 35.0 Å². The molecule has 1 fully saturated rings. The third kappa shape index (κ3) is 4.87. The van der Waals surface area contributed by atoms with E-state index >= 15 is 0 Å². The monoisotopic (exact) mass is 331 g/mol. The van der Waals surface area contributed by atoms with Gasteiger partial charge in [0.25, 0.3) is 0 Å². The largest absolute Gasteiger partial charge is 0.355 e. The number of carbonyl (C=O) groups is 1. The lowest BCUT2D eigenvalue weighted by Crippen LogP contribution is -2.31. The quantitative estimate of drug-likeness (QED) is 0.775. The summed E-state index contributed by atoms with van der Waals surface area (Å²) in [5.74, 6) is 2.23. The number of hydrogen-bond donors (Lipinski definition) is 1. The number of nitrogens with one attached hydrogen (secondary N) is 1. The fourth-order valence-corrected chi connectivity index (χ4v) is 3.82. The van der Waals surface area contributed by atoms with Crippen molar-refractivity contribution in [3.8, 4) is 0 Å². The fraction of sp³-hybridized carbons (Fsp3) is 0.533. The Bertz CT molecular complexity index is 461. The topological polar surface area (TPSA) is 29.1 Å². The number of rotatable bonds is 6. The summed E-state index contributed by atoms with van der Waals surface area (Å²) >= 11 is 13.7. The van der Waals surface area contributed by atoms with E-state index in [1.807, 2.05) is 12.1 Å². The van der Waals surface area contributed by atoms with Gasteiger partial charge < -0.3 is 5.32 Å². The van der Waals surface area contributed by atoms with E-state index < -0.39 is 0 Å². The van der Waals surface area contributed by atoms with Gasteiger partial charge in [-0.15, -0.1) is 0 Å². The minimum Gasteiger partial charge on any atom is -0.355 e. The SMILES string of the molecule is O=C(NCCSCc1ccc(Cl)cc1Cl)C1CCCC1. The van der Waals surface area contributed by atoms with Crippen LogP contribution in [0.1, 0.15) is 31.2 Å². The van der Waals surface area contributed by atoms with Crippen molar-refractivity contribution in [3.05, 3.63) is 33.8 Å². The van der Waals surface area contributed by atoms with Gasteiger partial charge in [0.1, 0.15) is 0 Å². The highest BCUT2D eigenvalue weighted by atomic mass is 35.5. The highest BCUT2D eigenvalue weighted by Crippen LogP contribution is 2.25. The van der Waals surface area contributed by atoms with Crippen LogP contribution in [0.5, 0.6) is 0 Å². The summed E-state index contributed by atoms with van der Waals surface area (Å²) < 4.78 is 0. The predicted molar refractivity (Wildman–Crippen MR) is 87.6 cm³/mol. The molecule has 1 aromatic carbocycles. The van der Waals surface area contributed by atoms with Gasteiger partial charge in [-0.1, -0.05) is 42.1 Å². The van der Waals surface area contributed by atoms with Gasteiger partial charge in [0.05, 0.1) is 0 Å². The molecule has 0 saturated heterocycles. The zero-order chi connectivity index (χ0) is 14.4. The van der Waals surface area contributed by atoms with Gasteiger partial charge >= 0.3 is 0 Å².